The average Bonchev–Trinajstić information content (AvgIpc) is 2.37. The Morgan fingerprint density at radius 3 is 2.33 bits per heavy atom. The molecule has 0 bridgehead atoms. The van der Waals surface area contributed by atoms with Crippen molar-refractivity contribution in [3.8, 4) is 0 Å². The number of carboxylic acids is 1. The molecule has 1 aliphatic heterocycles. The maximum absolute atomic E-state index is 12.2. The molecule has 122 valence electrons. The fourth-order valence-corrected chi connectivity index (χ4v) is 3.90. The number of carbonyl (C=O) groups is 2. The van der Waals surface area contributed by atoms with Crippen LogP contribution in [-0.2, 0) is 4.79 Å². The predicted molar refractivity (Wildman–Crippen MR) is 86.7 cm³/mol. The normalized spacial score (nSPS) is 25.2. The molecule has 0 radical (unpaired) electrons. The largest absolute Gasteiger partial charge is 0.481 e. The van der Waals surface area contributed by atoms with Crippen LogP contribution in [0.3, 0.4) is 0 Å². The molecule has 4 unspecified atom stereocenters. The van der Waals surface area contributed by atoms with Crippen LogP contribution < -0.4 is 5.32 Å². The van der Waals surface area contributed by atoms with E-state index in [1.165, 1.54) is 0 Å². The molecule has 1 rings (SSSR count). The SMILES string of the molecule is CC(CCCC(C)C(=O)O)NC(=O)N1CC(C)SC(C)C1. The Morgan fingerprint density at radius 2 is 1.81 bits per heavy atom. The van der Waals surface area contributed by atoms with Gasteiger partial charge in [-0.3, -0.25) is 4.79 Å². The Bertz CT molecular complexity index is 355. The lowest BCUT2D eigenvalue weighted by Crippen LogP contribution is -2.50. The highest BCUT2D eigenvalue weighted by Gasteiger charge is 2.26. The van der Waals surface area contributed by atoms with Gasteiger partial charge in [-0.15, -0.1) is 0 Å². The van der Waals surface area contributed by atoms with Gasteiger partial charge in [-0.25, -0.2) is 4.79 Å². The van der Waals surface area contributed by atoms with Crippen molar-refractivity contribution in [1.29, 1.82) is 0 Å². The number of nitrogens with zero attached hydrogens (tertiary/aromatic N) is 1. The van der Waals surface area contributed by atoms with Crippen LogP contribution in [0.25, 0.3) is 0 Å². The summed E-state index contributed by atoms with van der Waals surface area (Å²) in [6, 6.07) is 0.0893. The quantitative estimate of drug-likeness (QED) is 0.790. The molecule has 0 aliphatic carbocycles. The van der Waals surface area contributed by atoms with E-state index in [1.807, 2.05) is 23.6 Å². The molecule has 2 amide bonds. The molecule has 5 nitrogen and oxygen atoms in total. The number of aliphatic carboxylic acids is 1. The summed E-state index contributed by atoms with van der Waals surface area (Å²) in [7, 11) is 0. The molecule has 1 heterocycles. The molecule has 1 aliphatic rings. The minimum absolute atomic E-state index is 0.00721. The molecular weight excluding hydrogens is 288 g/mol. The Labute approximate surface area is 131 Å². The molecule has 0 spiro atoms. The van der Waals surface area contributed by atoms with E-state index < -0.39 is 5.97 Å². The molecule has 1 fully saturated rings. The Hall–Kier alpha value is -0.910. The van der Waals surface area contributed by atoms with Gasteiger partial charge in [0.2, 0.25) is 0 Å². The van der Waals surface area contributed by atoms with Gasteiger partial charge in [-0.05, 0) is 19.8 Å². The van der Waals surface area contributed by atoms with Gasteiger partial charge in [0.25, 0.3) is 0 Å². The molecular formula is C15H28N2O3S. The molecule has 0 aromatic carbocycles. The van der Waals surface area contributed by atoms with Crippen LogP contribution in [-0.4, -0.2) is 51.6 Å². The number of thioether (sulfide) groups is 1. The predicted octanol–water partition coefficient (Wildman–Crippen LogP) is 2.80. The van der Waals surface area contributed by atoms with Gasteiger partial charge >= 0.3 is 12.0 Å². The number of hydrogen-bond acceptors (Lipinski definition) is 3. The van der Waals surface area contributed by atoms with E-state index in [2.05, 4.69) is 19.2 Å². The number of urea groups is 1. The van der Waals surface area contributed by atoms with Crippen LogP contribution in [0.4, 0.5) is 4.79 Å². The zero-order valence-corrected chi connectivity index (χ0v) is 14.3. The first-order valence-corrected chi connectivity index (χ1v) is 8.67. The summed E-state index contributed by atoms with van der Waals surface area (Å²) in [6.45, 7) is 9.59. The molecule has 4 atom stereocenters. The van der Waals surface area contributed by atoms with Gasteiger partial charge in [0.1, 0.15) is 0 Å². The van der Waals surface area contributed by atoms with Crippen molar-refractivity contribution in [2.75, 3.05) is 13.1 Å². The second-order valence-corrected chi connectivity index (χ2v) is 8.06. The summed E-state index contributed by atoms with van der Waals surface area (Å²) >= 11 is 1.92. The van der Waals surface area contributed by atoms with Crippen LogP contribution in [0.5, 0.6) is 0 Å². The van der Waals surface area contributed by atoms with E-state index in [0.717, 1.165) is 25.9 Å². The molecule has 0 saturated carbocycles. The van der Waals surface area contributed by atoms with Gasteiger partial charge < -0.3 is 15.3 Å². The lowest BCUT2D eigenvalue weighted by Gasteiger charge is -2.35. The molecule has 0 aromatic heterocycles. The lowest BCUT2D eigenvalue weighted by molar-refractivity contribution is -0.141. The Balaban J connectivity index is 2.28. The number of carboxylic acid groups (broad SMARTS) is 1. The van der Waals surface area contributed by atoms with Gasteiger partial charge in [0, 0.05) is 29.6 Å². The number of carbonyl (C=O) groups excluding carboxylic acids is 1. The summed E-state index contributed by atoms with van der Waals surface area (Å²) in [6.07, 6.45) is 2.29. The van der Waals surface area contributed by atoms with Gasteiger partial charge in [0.05, 0.1) is 5.92 Å². The highest BCUT2D eigenvalue weighted by atomic mass is 32.2. The summed E-state index contributed by atoms with van der Waals surface area (Å²) in [4.78, 5) is 24.8. The van der Waals surface area contributed by atoms with Crippen molar-refractivity contribution in [3.05, 3.63) is 0 Å². The van der Waals surface area contributed by atoms with Crippen molar-refractivity contribution in [1.82, 2.24) is 10.2 Å². The van der Waals surface area contributed by atoms with E-state index in [9.17, 15) is 9.59 Å². The highest BCUT2D eigenvalue weighted by molar-refractivity contribution is 8.00. The third-order valence-corrected chi connectivity index (χ3v) is 5.00. The zero-order chi connectivity index (χ0) is 16.0. The Morgan fingerprint density at radius 1 is 1.24 bits per heavy atom. The lowest BCUT2D eigenvalue weighted by atomic mass is 10.0. The van der Waals surface area contributed by atoms with Crippen LogP contribution in [0.15, 0.2) is 0 Å². The fraction of sp³-hybridized carbons (Fsp3) is 0.867. The minimum Gasteiger partial charge on any atom is -0.481 e. The van der Waals surface area contributed by atoms with E-state index >= 15 is 0 Å². The van der Waals surface area contributed by atoms with Crippen LogP contribution >= 0.6 is 11.8 Å². The molecule has 0 aromatic rings. The van der Waals surface area contributed by atoms with Crippen molar-refractivity contribution in [2.45, 2.75) is 63.5 Å². The fourth-order valence-electron chi connectivity index (χ4n) is 2.57. The third kappa shape index (κ3) is 6.59. The van der Waals surface area contributed by atoms with Crippen molar-refractivity contribution in [3.63, 3.8) is 0 Å². The number of rotatable bonds is 6. The van der Waals surface area contributed by atoms with Gasteiger partial charge in [-0.2, -0.15) is 11.8 Å². The van der Waals surface area contributed by atoms with Crippen LogP contribution in [0.1, 0.15) is 47.0 Å². The number of amides is 2. The first-order valence-electron chi connectivity index (χ1n) is 7.73. The van der Waals surface area contributed by atoms with Gasteiger partial charge in [0.15, 0.2) is 0 Å². The monoisotopic (exact) mass is 316 g/mol. The summed E-state index contributed by atoms with van der Waals surface area (Å²) in [5, 5.41) is 12.8. The van der Waals surface area contributed by atoms with E-state index in [0.29, 0.717) is 16.9 Å². The summed E-state index contributed by atoms with van der Waals surface area (Å²) in [5.41, 5.74) is 0. The van der Waals surface area contributed by atoms with Crippen molar-refractivity contribution >= 4 is 23.8 Å². The topological polar surface area (TPSA) is 69.6 Å². The van der Waals surface area contributed by atoms with E-state index in [-0.39, 0.29) is 18.0 Å². The number of nitrogens with one attached hydrogen (secondary N) is 1. The third-order valence-electron chi connectivity index (χ3n) is 3.77. The van der Waals surface area contributed by atoms with Crippen LogP contribution in [0.2, 0.25) is 0 Å². The maximum Gasteiger partial charge on any atom is 0.317 e. The van der Waals surface area contributed by atoms with Crippen molar-refractivity contribution in [2.24, 2.45) is 5.92 Å². The maximum atomic E-state index is 12.2. The molecule has 6 heteroatoms. The van der Waals surface area contributed by atoms with Crippen LogP contribution in [0, 0.1) is 5.92 Å². The smallest absolute Gasteiger partial charge is 0.317 e. The van der Waals surface area contributed by atoms with E-state index in [1.54, 1.807) is 6.92 Å². The van der Waals surface area contributed by atoms with E-state index in [4.69, 9.17) is 5.11 Å². The summed E-state index contributed by atoms with van der Waals surface area (Å²) in [5.74, 6) is -1.06. The second kappa shape index (κ2) is 8.51. The second-order valence-electron chi connectivity index (χ2n) is 6.18. The minimum atomic E-state index is -0.750. The molecule has 2 N–H and O–H groups in total. The zero-order valence-electron chi connectivity index (χ0n) is 13.5. The van der Waals surface area contributed by atoms with Gasteiger partial charge in [-0.1, -0.05) is 27.2 Å². The first kappa shape index (κ1) is 18.1. The highest BCUT2D eigenvalue weighted by Crippen LogP contribution is 2.24. The Kier molecular flexibility index (Phi) is 7.35. The first-order chi connectivity index (χ1) is 9.79. The standard InChI is InChI=1S/C15H28N2O3S/c1-10(14(18)19)6-5-7-11(2)16-15(20)17-8-12(3)21-13(4)9-17/h10-13H,5-9H2,1-4H3,(H,16,20)(H,18,19). The molecule has 1 saturated heterocycles. The summed E-state index contributed by atoms with van der Waals surface area (Å²) < 4.78 is 0. The average molecular weight is 316 g/mol. The number of hydrogen-bond donors (Lipinski definition) is 2. The van der Waals surface area contributed by atoms with Crippen molar-refractivity contribution < 1.29 is 14.7 Å². The molecule has 21 heavy (non-hydrogen) atoms.